The van der Waals surface area contributed by atoms with Crippen molar-refractivity contribution in [1.29, 1.82) is 0 Å². The van der Waals surface area contributed by atoms with Gasteiger partial charge in [0.1, 0.15) is 5.75 Å². The number of halogens is 2. The topological polar surface area (TPSA) is 46.5 Å². The van der Waals surface area contributed by atoms with Crippen LogP contribution in [0.5, 0.6) is 5.75 Å². The van der Waals surface area contributed by atoms with Gasteiger partial charge >= 0.3 is 5.97 Å². The zero-order valence-corrected chi connectivity index (χ0v) is 12.3. The molecule has 0 aliphatic rings. The van der Waals surface area contributed by atoms with Crippen LogP contribution in [0.1, 0.15) is 10.4 Å². The molecule has 2 rings (SSSR count). The third kappa shape index (κ3) is 3.08. The highest BCUT2D eigenvalue weighted by Gasteiger charge is 2.12. The van der Waals surface area contributed by atoms with E-state index in [9.17, 15) is 9.90 Å². The molecular formula is C14H10BrClO3. The molecule has 0 aliphatic heterocycles. The minimum absolute atomic E-state index is 0.138. The number of carbonyl (C=O) groups excluding carboxylic acids is 1. The van der Waals surface area contributed by atoms with Crippen molar-refractivity contribution in [3.8, 4) is 16.9 Å². The summed E-state index contributed by atoms with van der Waals surface area (Å²) in [5.74, 6) is -0.356. The van der Waals surface area contributed by atoms with Gasteiger partial charge in [-0.05, 0) is 41.5 Å². The van der Waals surface area contributed by atoms with E-state index in [4.69, 9.17) is 11.6 Å². The molecule has 1 N–H and O–H groups in total. The molecule has 2 aromatic carbocycles. The van der Waals surface area contributed by atoms with E-state index in [0.29, 0.717) is 10.6 Å². The first kappa shape index (κ1) is 13.9. The summed E-state index contributed by atoms with van der Waals surface area (Å²) in [6.07, 6.45) is 0. The number of methoxy groups -OCH3 is 1. The molecule has 0 bridgehead atoms. The Morgan fingerprint density at radius 1 is 1.21 bits per heavy atom. The quantitative estimate of drug-likeness (QED) is 0.830. The number of ether oxygens (including phenoxy) is 1. The highest BCUT2D eigenvalue weighted by atomic mass is 79.9. The number of rotatable bonds is 2. The second kappa shape index (κ2) is 5.63. The molecule has 0 heterocycles. The molecule has 0 radical (unpaired) electrons. The van der Waals surface area contributed by atoms with Crippen molar-refractivity contribution < 1.29 is 14.6 Å². The fourth-order valence-electron chi connectivity index (χ4n) is 1.71. The lowest BCUT2D eigenvalue weighted by Gasteiger charge is -2.07. The molecule has 0 saturated carbocycles. The lowest BCUT2D eigenvalue weighted by Crippen LogP contribution is -2.02. The maximum absolute atomic E-state index is 11.6. The molecule has 0 saturated heterocycles. The highest BCUT2D eigenvalue weighted by Crippen LogP contribution is 2.30. The highest BCUT2D eigenvalue weighted by molar-refractivity contribution is 9.10. The fraction of sp³-hybridized carbons (Fsp3) is 0.0714. The van der Waals surface area contributed by atoms with Crippen LogP contribution >= 0.6 is 27.5 Å². The minimum atomic E-state index is -0.494. The standard InChI is InChI=1S/C14H10BrClO3/c1-19-14(18)12-6-8(2-3-13(12)16)9-4-10(15)7-11(17)5-9/h2-7,17H,1H3. The average molecular weight is 342 g/mol. The lowest BCUT2D eigenvalue weighted by molar-refractivity contribution is 0.0601. The van der Waals surface area contributed by atoms with Crippen molar-refractivity contribution in [1.82, 2.24) is 0 Å². The first-order valence-electron chi connectivity index (χ1n) is 5.39. The predicted molar refractivity (Wildman–Crippen MR) is 77.6 cm³/mol. The van der Waals surface area contributed by atoms with Crippen LogP contribution in [0.3, 0.4) is 0 Å². The molecule has 0 aromatic heterocycles. The summed E-state index contributed by atoms with van der Waals surface area (Å²) in [6.45, 7) is 0. The van der Waals surface area contributed by atoms with Crippen molar-refractivity contribution in [3.63, 3.8) is 0 Å². The van der Waals surface area contributed by atoms with E-state index in [1.165, 1.54) is 7.11 Å². The Kier molecular flexibility index (Phi) is 4.12. The second-order valence-corrected chi connectivity index (χ2v) is 5.21. The molecule has 0 unspecified atom stereocenters. The number of hydrogen-bond donors (Lipinski definition) is 1. The fourth-order valence-corrected chi connectivity index (χ4v) is 2.39. The van der Waals surface area contributed by atoms with E-state index >= 15 is 0 Å². The van der Waals surface area contributed by atoms with Gasteiger partial charge in [0, 0.05) is 4.47 Å². The van der Waals surface area contributed by atoms with Gasteiger partial charge in [0.15, 0.2) is 0 Å². The van der Waals surface area contributed by atoms with Crippen molar-refractivity contribution in [2.45, 2.75) is 0 Å². The number of benzene rings is 2. The average Bonchev–Trinajstić information content (AvgIpc) is 2.37. The Morgan fingerprint density at radius 3 is 2.58 bits per heavy atom. The van der Waals surface area contributed by atoms with Crippen LogP contribution in [0, 0.1) is 0 Å². The first-order valence-corrected chi connectivity index (χ1v) is 6.56. The minimum Gasteiger partial charge on any atom is -0.508 e. The van der Waals surface area contributed by atoms with E-state index in [-0.39, 0.29) is 5.75 Å². The van der Waals surface area contributed by atoms with Crippen LogP contribution in [-0.2, 0) is 4.74 Å². The van der Waals surface area contributed by atoms with Gasteiger partial charge in [-0.2, -0.15) is 0 Å². The Morgan fingerprint density at radius 2 is 1.95 bits per heavy atom. The summed E-state index contributed by atoms with van der Waals surface area (Å²) >= 11 is 9.27. The zero-order valence-electron chi connectivity index (χ0n) is 9.98. The number of phenolic OH excluding ortho intramolecular Hbond substituents is 1. The van der Waals surface area contributed by atoms with E-state index < -0.39 is 5.97 Å². The summed E-state index contributed by atoms with van der Waals surface area (Å²) in [5.41, 5.74) is 1.83. The van der Waals surface area contributed by atoms with Gasteiger partial charge in [-0.1, -0.05) is 33.6 Å². The SMILES string of the molecule is COC(=O)c1cc(-c2cc(O)cc(Br)c2)ccc1Cl. The van der Waals surface area contributed by atoms with Crippen molar-refractivity contribution in [2.24, 2.45) is 0 Å². The maximum Gasteiger partial charge on any atom is 0.339 e. The normalized spacial score (nSPS) is 10.3. The molecule has 0 atom stereocenters. The summed E-state index contributed by atoms with van der Waals surface area (Å²) in [4.78, 5) is 11.6. The number of carbonyl (C=O) groups is 1. The Hall–Kier alpha value is -1.52. The summed E-state index contributed by atoms with van der Waals surface area (Å²) in [7, 11) is 1.30. The van der Waals surface area contributed by atoms with Crippen molar-refractivity contribution >= 4 is 33.5 Å². The Bertz CT molecular complexity index is 620. The summed E-state index contributed by atoms with van der Waals surface area (Å²) < 4.78 is 5.42. The van der Waals surface area contributed by atoms with Gasteiger partial charge in [0.05, 0.1) is 17.7 Å². The van der Waals surface area contributed by atoms with Gasteiger partial charge in [-0.25, -0.2) is 4.79 Å². The van der Waals surface area contributed by atoms with E-state index in [1.54, 1.807) is 30.3 Å². The third-order valence-electron chi connectivity index (χ3n) is 2.59. The lowest BCUT2D eigenvalue weighted by atomic mass is 10.0. The Labute approximate surface area is 123 Å². The maximum atomic E-state index is 11.6. The van der Waals surface area contributed by atoms with Crippen LogP contribution < -0.4 is 0 Å². The number of phenols is 1. The molecule has 98 valence electrons. The van der Waals surface area contributed by atoms with Gasteiger partial charge in [-0.3, -0.25) is 0 Å². The van der Waals surface area contributed by atoms with Crippen LogP contribution in [0.15, 0.2) is 40.9 Å². The molecule has 5 heteroatoms. The molecule has 3 nitrogen and oxygen atoms in total. The zero-order chi connectivity index (χ0) is 14.0. The molecule has 0 spiro atoms. The van der Waals surface area contributed by atoms with Crippen molar-refractivity contribution in [2.75, 3.05) is 7.11 Å². The van der Waals surface area contributed by atoms with E-state index in [1.807, 2.05) is 6.07 Å². The predicted octanol–water partition coefficient (Wildman–Crippen LogP) is 4.26. The van der Waals surface area contributed by atoms with Crippen molar-refractivity contribution in [3.05, 3.63) is 51.5 Å². The van der Waals surface area contributed by atoms with Gasteiger partial charge in [0.2, 0.25) is 0 Å². The smallest absolute Gasteiger partial charge is 0.339 e. The number of esters is 1. The Balaban J connectivity index is 2.54. The monoisotopic (exact) mass is 340 g/mol. The molecule has 0 amide bonds. The number of hydrogen-bond acceptors (Lipinski definition) is 3. The van der Waals surface area contributed by atoms with Gasteiger partial charge in [-0.15, -0.1) is 0 Å². The van der Waals surface area contributed by atoms with E-state index in [0.717, 1.165) is 15.6 Å². The number of aromatic hydroxyl groups is 1. The van der Waals surface area contributed by atoms with Gasteiger partial charge in [0.25, 0.3) is 0 Å². The van der Waals surface area contributed by atoms with Crippen LogP contribution in [0.2, 0.25) is 5.02 Å². The van der Waals surface area contributed by atoms with E-state index in [2.05, 4.69) is 20.7 Å². The second-order valence-electron chi connectivity index (χ2n) is 3.88. The van der Waals surface area contributed by atoms with Crippen LogP contribution in [-0.4, -0.2) is 18.2 Å². The molecule has 19 heavy (non-hydrogen) atoms. The third-order valence-corrected chi connectivity index (χ3v) is 3.37. The molecule has 0 fully saturated rings. The van der Waals surface area contributed by atoms with Crippen LogP contribution in [0.25, 0.3) is 11.1 Å². The van der Waals surface area contributed by atoms with Gasteiger partial charge < -0.3 is 9.84 Å². The largest absolute Gasteiger partial charge is 0.508 e. The molecule has 2 aromatic rings. The summed E-state index contributed by atoms with van der Waals surface area (Å²) in [5, 5.41) is 9.92. The van der Waals surface area contributed by atoms with Crippen LogP contribution in [0.4, 0.5) is 0 Å². The molecule has 0 aliphatic carbocycles. The summed E-state index contributed by atoms with van der Waals surface area (Å²) in [6, 6.07) is 10.1. The molecular weight excluding hydrogens is 332 g/mol. The first-order chi connectivity index (χ1) is 9.01.